The maximum atomic E-state index is 13.4. The molecule has 2 aliphatic rings. The van der Waals surface area contributed by atoms with Gasteiger partial charge in [0.2, 0.25) is 0 Å². The van der Waals surface area contributed by atoms with Crippen LogP contribution in [0.3, 0.4) is 0 Å². The van der Waals surface area contributed by atoms with Crippen LogP contribution in [0.15, 0.2) is 48.0 Å². The minimum absolute atomic E-state index is 0.0127. The van der Waals surface area contributed by atoms with Crippen molar-refractivity contribution >= 4 is 17.4 Å². The predicted molar refractivity (Wildman–Crippen MR) is 140 cm³/mol. The van der Waals surface area contributed by atoms with Crippen molar-refractivity contribution in [3.05, 3.63) is 64.7 Å². The first-order valence-corrected chi connectivity index (χ1v) is 13.1. The molecule has 6 heteroatoms. The summed E-state index contributed by atoms with van der Waals surface area (Å²) in [6.45, 7) is 9.35. The van der Waals surface area contributed by atoms with Crippen LogP contribution in [0.5, 0.6) is 11.5 Å². The summed E-state index contributed by atoms with van der Waals surface area (Å²) in [5, 5.41) is 11.4. The summed E-state index contributed by atoms with van der Waals surface area (Å²) < 4.78 is 11.6. The second-order valence-electron chi connectivity index (χ2n) is 10.2. The van der Waals surface area contributed by atoms with Crippen LogP contribution in [0.1, 0.15) is 75.6 Å². The van der Waals surface area contributed by atoms with E-state index in [2.05, 4.69) is 13.8 Å². The zero-order valence-corrected chi connectivity index (χ0v) is 21.8. The van der Waals surface area contributed by atoms with E-state index in [9.17, 15) is 14.7 Å². The Labute approximate surface area is 213 Å². The summed E-state index contributed by atoms with van der Waals surface area (Å²) >= 11 is 0. The highest BCUT2D eigenvalue weighted by atomic mass is 16.5. The lowest BCUT2D eigenvalue weighted by Crippen LogP contribution is -2.37. The standard InChI is InChI=1S/C30H37NO5/c1-5-16-35-24-13-10-21(11-14-24)27-26(29(33)30(34)31(27)23-8-6-7-9-23)28(32)22-12-15-25(20(4)17-22)36-18-19(2)3/h10-15,17,19,23,27,32H,5-9,16,18H2,1-4H3/b28-26-. The maximum Gasteiger partial charge on any atom is 0.295 e. The third-order valence-corrected chi connectivity index (χ3v) is 6.89. The fourth-order valence-corrected chi connectivity index (χ4v) is 5.07. The van der Waals surface area contributed by atoms with Crippen molar-refractivity contribution in [2.45, 2.75) is 71.9 Å². The molecule has 2 fully saturated rings. The molecule has 1 aliphatic carbocycles. The molecule has 1 heterocycles. The normalized spacial score (nSPS) is 19.9. The molecule has 1 N–H and O–H groups in total. The van der Waals surface area contributed by atoms with Crippen molar-refractivity contribution < 1.29 is 24.2 Å². The molecule has 6 nitrogen and oxygen atoms in total. The van der Waals surface area contributed by atoms with E-state index in [0.29, 0.717) is 24.7 Å². The van der Waals surface area contributed by atoms with E-state index >= 15 is 0 Å². The summed E-state index contributed by atoms with van der Waals surface area (Å²) in [7, 11) is 0. The van der Waals surface area contributed by atoms with Crippen molar-refractivity contribution in [1.29, 1.82) is 0 Å². The number of benzene rings is 2. The molecule has 1 unspecified atom stereocenters. The predicted octanol–water partition coefficient (Wildman–Crippen LogP) is 6.18. The Kier molecular flexibility index (Phi) is 8.02. The second-order valence-corrected chi connectivity index (χ2v) is 10.2. The number of amides is 1. The van der Waals surface area contributed by atoms with Gasteiger partial charge in [0.25, 0.3) is 11.7 Å². The minimum Gasteiger partial charge on any atom is -0.507 e. The van der Waals surface area contributed by atoms with Crippen LogP contribution in [0.2, 0.25) is 0 Å². The lowest BCUT2D eigenvalue weighted by Gasteiger charge is -2.30. The van der Waals surface area contributed by atoms with Gasteiger partial charge in [0.15, 0.2) is 0 Å². The Morgan fingerprint density at radius 1 is 1.06 bits per heavy atom. The number of aryl methyl sites for hydroxylation is 1. The monoisotopic (exact) mass is 491 g/mol. The number of Topliss-reactive ketones (excluding diaryl/α,β-unsaturated/α-hetero) is 1. The van der Waals surface area contributed by atoms with Crippen LogP contribution in [-0.2, 0) is 9.59 Å². The zero-order chi connectivity index (χ0) is 25.8. The molecule has 1 atom stereocenters. The summed E-state index contributed by atoms with van der Waals surface area (Å²) in [5.41, 5.74) is 2.30. The summed E-state index contributed by atoms with van der Waals surface area (Å²) in [6, 6.07) is 12.2. The van der Waals surface area contributed by atoms with E-state index in [4.69, 9.17) is 9.47 Å². The van der Waals surface area contributed by atoms with E-state index in [0.717, 1.165) is 54.7 Å². The molecule has 0 radical (unpaired) electrons. The van der Waals surface area contributed by atoms with E-state index in [1.165, 1.54) is 0 Å². The van der Waals surface area contributed by atoms with Gasteiger partial charge >= 0.3 is 0 Å². The molecule has 4 rings (SSSR count). The van der Waals surface area contributed by atoms with Gasteiger partial charge in [-0.15, -0.1) is 0 Å². The first-order chi connectivity index (χ1) is 17.3. The third kappa shape index (κ3) is 5.28. The van der Waals surface area contributed by atoms with Gasteiger partial charge in [-0.05, 0) is 73.6 Å². The van der Waals surface area contributed by atoms with Crippen molar-refractivity contribution in [1.82, 2.24) is 4.90 Å². The third-order valence-electron chi connectivity index (χ3n) is 6.89. The Balaban J connectivity index is 1.75. The number of carbonyl (C=O) groups is 2. The highest BCUT2D eigenvalue weighted by molar-refractivity contribution is 6.46. The second kappa shape index (κ2) is 11.2. The molecule has 0 aromatic heterocycles. The van der Waals surface area contributed by atoms with E-state index in [-0.39, 0.29) is 17.4 Å². The number of ether oxygens (including phenoxy) is 2. The number of carbonyl (C=O) groups excluding carboxylic acids is 2. The summed E-state index contributed by atoms with van der Waals surface area (Å²) in [5.74, 6) is 0.560. The van der Waals surface area contributed by atoms with Crippen LogP contribution in [0, 0.1) is 12.8 Å². The van der Waals surface area contributed by atoms with E-state index in [1.54, 1.807) is 11.0 Å². The van der Waals surface area contributed by atoms with Gasteiger partial charge in [0, 0.05) is 11.6 Å². The molecule has 2 aromatic rings. The van der Waals surface area contributed by atoms with E-state index in [1.807, 2.05) is 50.2 Å². The Morgan fingerprint density at radius 2 is 1.75 bits per heavy atom. The fraction of sp³-hybridized carbons (Fsp3) is 0.467. The smallest absolute Gasteiger partial charge is 0.295 e. The average molecular weight is 492 g/mol. The molecule has 192 valence electrons. The van der Waals surface area contributed by atoms with Crippen LogP contribution in [0.25, 0.3) is 5.76 Å². The molecular formula is C30H37NO5. The molecule has 0 bridgehead atoms. The largest absolute Gasteiger partial charge is 0.507 e. The van der Waals surface area contributed by atoms with Gasteiger partial charge in [-0.25, -0.2) is 0 Å². The van der Waals surface area contributed by atoms with Crippen molar-refractivity contribution in [3.63, 3.8) is 0 Å². The van der Waals surface area contributed by atoms with E-state index < -0.39 is 17.7 Å². The number of rotatable bonds is 9. The Hall–Kier alpha value is -3.28. The molecule has 0 spiro atoms. The van der Waals surface area contributed by atoms with Gasteiger partial charge in [-0.2, -0.15) is 0 Å². The lowest BCUT2D eigenvalue weighted by atomic mass is 9.94. The van der Waals surface area contributed by atoms with Crippen LogP contribution >= 0.6 is 0 Å². The lowest BCUT2D eigenvalue weighted by molar-refractivity contribution is -0.141. The number of hydrogen-bond acceptors (Lipinski definition) is 5. The number of hydrogen-bond donors (Lipinski definition) is 1. The minimum atomic E-state index is -0.634. The number of nitrogens with zero attached hydrogens (tertiary/aromatic N) is 1. The summed E-state index contributed by atoms with van der Waals surface area (Å²) in [4.78, 5) is 28.3. The highest BCUT2D eigenvalue weighted by Gasteiger charge is 2.49. The number of aliphatic hydroxyl groups is 1. The molecule has 1 aliphatic heterocycles. The van der Waals surface area contributed by atoms with Crippen molar-refractivity contribution in [2.24, 2.45) is 5.92 Å². The van der Waals surface area contributed by atoms with Crippen molar-refractivity contribution in [2.75, 3.05) is 13.2 Å². The quantitative estimate of drug-likeness (QED) is 0.257. The van der Waals surface area contributed by atoms with Crippen LogP contribution in [-0.4, -0.2) is 41.0 Å². The average Bonchev–Trinajstić information content (AvgIpc) is 3.48. The number of ketones is 1. The topological polar surface area (TPSA) is 76.1 Å². The van der Waals surface area contributed by atoms with Gasteiger partial charge < -0.3 is 19.5 Å². The van der Waals surface area contributed by atoms with Crippen LogP contribution in [0.4, 0.5) is 0 Å². The Bertz CT molecular complexity index is 1130. The van der Waals surface area contributed by atoms with Crippen LogP contribution < -0.4 is 9.47 Å². The number of aliphatic hydroxyl groups excluding tert-OH is 1. The first kappa shape index (κ1) is 25.8. The molecule has 1 saturated carbocycles. The Morgan fingerprint density at radius 3 is 2.36 bits per heavy atom. The first-order valence-electron chi connectivity index (χ1n) is 13.1. The van der Waals surface area contributed by atoms with Gasteiger partial charge in [-0.1, -0.05) is 45.7 Å². The maximum absolute atomic E-state index is 13.4. The summed E-state index contributed by atoms with van der Waals surface area (Å²) in [6.07, 6.45) is 4.69. The van der Waals surface area contributed by atoms with Gasteiger partial charge in [0.1, 0.15) is 17.3 Å². The fourth-order valence-electron chi connectivity index (χ4n) is 5.07. The van der Waals surface area contributed by atoms with Gasteiger partial charge in [0.05, 0.1) is 24.8 Å². The SMILES string of the molecule is CCCOc1ccc(C2/C(=C(/O)c3ccc(OCC(C)C)c(C)c3)C(=O)C(=O)N2C2CCCC2)cc1. The molecule has 36 heavy (non-hydrogen) atoms. The van der Waals surface area contributed by atoms with Crippen molar-refractivity contribution in [3.8, 4) is 11.5 Å². The molecule has 1 amide bonds. The number of likely N-dealkylation sites (tertiary alicyclic amines) is 1. The van der Waals surface area contributed by atoms with Gasteiger partial charge in [-0.3, -0.25) is 9.59 Å². The highest BCUT2D eigenvalue weighted by Crippen LogP contribution is 2.44. The molecule has 2 aromatic carbocycles. The zero-order valence-electron chi connectivity index (χ0n) is 21.8. The molecular weight excluding hydrogens is 454 g/mol. The molecule has 1 saturated heterocycles.